The first-order chi connectivity index (χ1) is 20.2. The van der Waals surface area contributed by atoms with E-state index in [0.29, 0.717) is 57.9 Å². The van der Waals surface area contributed by atoms with E-state index in [2.05, 4.69) is 0 Å². The summed E-state index contributed by atoms with van der Waals surface area (Å²) in [6, 6.07) is 18.3. The Morgan fingerprint density at radius 1 is 0.952 bits per heavy atom. The third-order valence-electron chi connectivity index (χ3n) is 7.58. The molecule has 2 N–H and O–H groups in total. The molecule has 1 fully saturated rings. The Morgan fingerprint density at radius 2 is 1.64 bits per heavy atom. The number of primary amides is 1. The molecule has 5 rings (SSSR count). The molecule has 0 unspecified atom stereocenters. The second-order valence-corrected chi connectivity index (χ2v) is 11.8. The van der Waals surface area contributed by atoms with Gasteiger partial charge < -0.3 is 19.9 Å². The third kappa shape index (κ3) is 6.87. The van der Waals surface area contributed by atoms with Gasteiger partial charge in [-0.1, -0.05) is 59.1 Å². The minimum absolute atomic E-state index is 0.0883. The van der Waals surface area contributed by atoms with E-state index in [9.17, 15) is 9.59 Å². The van der Waals surface area contributed by atoms with Crippen LogP contribution in [0.25, 0.3) is 5.57 Å². The molecule has 3 aromatic rings. The molecule has 0 bridgehead atoms. The Hall–Kier alpha value is -3.23. The summed E-state index contributed by atoms with van der Waals surface area (Å²) in [6.45, 7) is 3.44. The van der Waals surface area contributed by atoms with Crippen LogP contribution in [-0.2, 0) is 20.9 Å². The number of aryl methyl sites for hydroxylation is 1. The van der Waals surface area contributed by atoms with Gasteiger partial charge in [0.2, 0.25) is 5.91 Å². The maximum atomic E-state index is 13.4. The fraction of sp³-hybridized carbons (Fsp3) is 0.312. The smallest absolute Gasteiger partial charge is 0.335 e. The molecule has 1 amide bonds. The Morgan fingerprint density at radius 3 is 2.29 bits per heavy atom. The van der Waals surface area contributed by atoms with Crippen molar-refractivity contribution in [1.29, 1.82) is 0 Å². The predicted molar refractivity (Wildman–Crippen MR) is 164 cm³/mol. The number of hydrogen-bond donors (Lipinski definition) is 1. The van der Waals surface area contributed by atoms with Crippen LogP contribution in [0.5, 0.6) is 11.5 Å². The second-order valence-electron chi connectivity index (χ2n) is 10.5. The molecule has 0 radical (unpaired) electrons. The molecule has 1 saturated carbocycles. The maximum Gasteiger partial charge on any atom is 0.335 e. The average molecular weight is 630 g/mol. The highest BCUT2D eigenvalue weighted by molar-refractivity contribution is 6.37. The monoisotopic (exact) mass is 628 g/mol. The van der Waals surface area contributed by atoms with Gasteiger partial charge in [0.15, 0.2) is 5.75 Å². The van der Waals surface area contributed by atoms with Gasteiger partial charge in [0.1, 0.15) is 31.1 Å². The SMILES string of the molecule is Cc1cc(Cl)c(OCCOc2ccc(C3=C(C(=O)OCc4cccc(Cl)c4)CN(C4(C(N)=O)CC4)CC3)cc2)c(Cl)c1. The predicted octanol–water partition coefficient (Wildman–Crippen LogP) is 6.63. The standard InChI is InChI=1S/C32H31Cl3N2O5/c1-20-15-27(34)29(28(35)16-20)41-14-13-40-24-7-5-22(6-8-24)25-9-12-37(32(10-11-32)31(36)39)18-26(25)30(38)42-19-21-3-2-4-23(33)17-21/h2-8,15-17H,9-14,18-19H2,1H3,(H2,36,39). The number of halogens is 3. The lowest BCUT2D eigenvalue weighted by Crippen LogP contribution is -2.50. The van der Waals surface area contributed by atoms with E-state index < -0.39 is 11.5 Å². The molecule has 0 aromatic heterocycles. The van der Waals surface area contributed by atoms with Gasteiger partial charge in [-0.2, -0.15) is 0 Å². The lowest BCUT2D eigenvalue weighted by Gasteiger charge is -2.35. The molecule has 7 nitrogen and oxygen atoms in total. The summed E-state index contributed by atoms with van der Waals surface area (Å²) in [5, 5.41) is 1.48. The molecule has 1 aliphatic carbocycles. The van der Waals surface area contributed by atoms with Crippen LogP contribution in [-0.4, -0.2) is 48.6 Å². The molecule has 220 valence electrons. The average Bonchev–Trinajstić information content (AvgIpc) is 3.78. The summed E-state index contributed by atoms with van der Waals surface area (Å²) in [5.74, 6) is 0.299. The molecule has 42 heavy (non-hydrogen) atoms. The van der Waals surface area contributed by atoms with E-state index >= 15 is 0 Å². The molecule has 3 aromatic carbocycles. The van der Waals surface area contributed by atoms with Gasteiger partial charge in [0, 0.05) is 18.1 Å². The fourth-order valence-corrected chi connectivity index (χ4v) is 6.13. The number of carbonyl (C=O) groups is 2. The lowest BCUT2D eigenvalue weighted by atomic mass is 9.92. The normalized spacial score (nSPS) is 16.2. The van der Waals surface area contributed by atoms with E-state index in [-0.39, 0.29) is 32.3 Å². The van der Waals surface area contributed by atoms with E-state index in [1.807, 2.05) is 48.2 Å². The molecule has 0 saturated heterocycles. The fourth-order valence-electron chi connectivity index (χ4n) is 5.21. The first-order valence-electron chi connectivity index (χ1n) is 13.7. The number of amides is 1. The van der Waals surface area contributed by atoms with Gasteiger partial charge in [-0.05, 0) is 84.8 Å². The molecular weight excluding hydrogens is 599 g/mol. The summed E-state index contributed by atoms with van der Waals surface area (Å²) >= 11 is 18.6. The summed E-state index contributed by atoms with van der Waals surface area (Å²) in [4.78, 5) is 27.7. The van der Waals surface area contributed by atoms with Crippen molar-refractivity contribution in [2.45, 2.75) is 38.3 Å². The van der Waals surface area contributed by atoms with Crippen molar-refractivity contribution in [3.8, 4) is 11.5 Å². The highest BCUT2D eigenvalue weighted by Crippen LogP contribution is 2.44. The Bertz CT molecular complexity index is 1500. The van der Waals surface area contributed by atoms with Crippen molar-refractivity contribution in [1.82, 2.24) is 4.90 Å². The van der Waals surface area contributed by atoms with Gasteiger partial charge in [-0.15, -0.1) is 0 Å². The lowest BCUT2D eigenvalue weighted by molar-refractivity contribution is -0.141. The van der Waals surface area contributed by atoms with E-state index in [0.717, 1.165) is 22.3 Å². The van der Waals surface area contributed by atoms with Crippen molar-refractivity contribution in [3.05, 3.63) is 98.0 Å². The van der Waals surface area contributed by atoms with E-state index in [4.69, 9.17) is 54.7 Å². The molecule has 10 heteroatoms. The highest BCUT2D eigenvalue weighted by Gasteiger charge is 2.54. The number of nitrogens with two attached hydrogens (primary N) is 1. The largest absolute Gasteiger partial charge is 0.490 e. The maximum absolute atomic E-state index is 13.4. The number of carbonyl (C=O) groups excluding carboxylic acids is 2. The van der Waals surface area contributed by atoms with Crippen LogP contribution in [0.2, 0.25) is 15.1 Å². The zero-order valence-electron chi connectivity index (χ0n) is 23.1. The zero-order chi connectivity index (χ0) is 29.9. The van der Waals surface area contributed by atoms with Crippen LogP contribution in [0.1, 0.15) is 36.0 Å². The first-order valence-corrected chi connectivity index (χ1v) is 14.8. The summed E-state index contributed by atoms with van der Waals surface area (Å²) in [7, 11) is 0. The van der Waals surface area contributed by atoms with Gasteiger partial charge in [0.05, 0.1) is 15.6 Å². The van der Waals surface area contributed by atoms with E-state index in [1.54, 1.807) is 24.3 Å². The topological polar surface area (TPSA) is 91.1 Å². The second kappa shape index (κ2) is 13.0. The van der Waals surface area contributed by atoms with Crippen LogP contribution in [0, 0.1) is 6.92 Å². The number of nitrogens with zero attached hydrogens (tertiary/aromatic N) is 1. The van der Waals surface area contributed by atoms with Crippen LogP contribution < -0.4 is 15.2 Å². The van der Waals surface area contributed by atoms with Crippen molar-refractivity contribution >= 4 is 52.3 Å². The summed E-state index contributed by atoms with van der Waals surface area (Å²) in [6.07, 6.45) is 1.96. The number of benzene rings is 3. The first kappa shape index (κ1) is 30.2. The number of rotatable bonds is 11. The zero-order valence-corrected chi connectivity index (χ0v) is 25.4. The van der Waals surface area contributed by atoms with E-state index in [1.165, 1.54) is 0 Å². The van der Waals surface area contributed by atoms with Gasteiger partial charge in [-0.25, -0.2) is 4.79 Å². The van der Waals surface area contributed by atoms with Crippen molar-refractivity contribution < 1.29 is 23.8 Å². The Labute approximate surface area is 260 Å². The van der Waals surface area contributed by atoms with Gasteiger partial charge in [-0.3, -0.25) is 9.69 Å². The number of hydrogen-bond acceptors (Lipinski definition) is 6. The van der Waals surface area contributed by atoms with Gasteiger partial charge >= 0.3 is 5.97 Å². The Balaban J connectivity index is 1.27. The Kier molecular flexibility index (Phi) is 9.33. The molecule has 0 spiro atoms. The third-order valence-corrected chi connectivity index (χ3v) is 8.38. The van der Waals surface area contributed by atoms with Crippen molar-refractivity contribution in [3.63, 3.8) is 0 Å². The van der Waals surface area contributed by atoms with Crippen LogP contribution in [0.15, 0.2) is 66.2 Å². The minimum Gasteiger partial charge on any atom is -0.490 e. The molecule has 2 aliphatic rings. The summed E-state index contributed by atoms with van der Waals surface area (Å²) in [5.41, 5.74) is 9.08. The van der Waals surface area contributed by atoms with Crippen LogP contribution >= 0.6 is 34.8 Å². The van der Waals surface area contributed by atoms with Gasteiger partial charge in [0.25, 0.3) is 0 Å². The van der Waals surface area contributed by atoms with Crippen LogP contribution in [0.3, 0.4) is 0 Å². The minimum atomic E-state index is -0.684. The number of esters is 1. The molecular formula is C32H31Cl3N2O5. The number of ether oxygens (including phenoxy) is 3. The summed E-state index contributed by atoms with van der Waals surface area (Å²) < 4.78 is 17.3. The van der Waals surface area contributed by atoms with Crippen molar-refractivity contribution in [2.75, 3.05) is 26.3 Å². The van der Waals surface area contributed by atoms with Crippen LogP contribution in [0.4, 0.5) is 0 Å². The highest BCUT2D eigenvalue weighted by atomic mass is 35.5. The molecule has 1 heterocycles. The van der Waals surface area contributed by atoms with Crippen molar-refractivity contribution in [2.24, 2.45) is 5.73 Å². The molecule has 1 aliphatic heterocycles. The molecule has 0 atom stereocenters. The quantitative estimate of drug-likeness (QED) is 0.189.